The lowest BCUT2D eigenvalue weighted by molar-refractivity contribution is -0.115. The minimum absolute atomic E-state index is 0.0596. The Labute approximate surface area is 141 Å². The summed E-state index contributed by atoms with van der Waals surface area (Å²) < 4.78 is 0. The number of carbonyl (C=O) groups excluding carboxylic acids is 1. The SMILES string of the molecule is O=C1CCCC(=NCCO)/C1=C(\O)Cc1cccc2ccccc12. The van der Waals surface area contributed by atoms with Crippen LogP contribution in [0.1, 0.15) is 24.8 Å². The Kier molecular flexibility index (Phi) is 5.06. The number of carbonyl (C=O) groups is 1. The molecule has 24 heavy (non-hydrogen) atoms. The van der Waals surface area contributed by atoms with Gasteiger partial charge < -0.3 is 10.2 Å². The predicted molar refractivity (Wildman–Crippen MR) is 95.6 cm³/mol. The van der Waals surface area contributed by atoms with Crippen molar-refractivity contribution >= 4 is 22.3 Å². The fourth-order valence-corrected chi connectivity index (χ4v) is 3.21. The van der Waals surface area contributed by atoms with Gasteiger partial charge in [0.1, 0.15) is 5.76 Å². The monoisotopic (exact) mass is 323 g/mol. The summed E-state index contributed by atoms with van der Waals surface area (Å²) in [5.74, 6) is 0.0171. The maximum absolute atomic E-state index is 12.3. The highest BCUT2D eigenvalue weighted by Crippen LogP contribution is 2.25. The highest BCUT2D eigenvalue weighted by atomic mass is 16.3. The minimum Gasteiger partial charge on any atom is -0.511 e. The van der Waals surface area contributed by atoms with Crippen molar-refractivity contribution < 1.29 is 15.0 Å². The van der Waals surface area contributed by atoms with Crippen molar-refractivity contribution in [3.05, 3.63) is 59.4 Å². The van der Waals surface area contributed by atoms with Gasteiger partial charge in [0.2, 0.25) is 0 Å². The van der Waals surface area contributed by atoms with Crippen molar-refractivity contribution in [2.24, 2.45) is 4.99 Å². The van der Waals surface area contributed by atoms with E-state index in [9.17, 15) is 9.90 Å². The van der Waals surface area contributed by atoms with Crippen LogP contribution in [-0.4, -0.2) is 34.9 Å². The van der Waals surface area contributed by atoms with Gasteiger partial charge in [-0.2, -0.15) is 0 Å². The van der Waals surface area contributed by atoms with Gasteiger partial charge in [-0.05, 0) is 29.2 Å². The molecular formula is C20H21NO3. The molecule has 0 heterocycles. The quantitative estimate of drug-likeness (QED) is 0.669. The van der Waals surface area contributed by atoms with Crippen molar-refractivity contribution in [1.29, 1.82) is 0 Å². The van der Waals surface area contributed by atoms with Crippen LogP contribution in [-0.2, 0) is 11.2 Å². The second-order valence-electron chi connectivity index (χ2n) is 5.97. The molecule has 0 spiro atoms. The fourth-order valence-electron chi connectivity index (χ4n) is 3.21. The van der Waals surface area contributed by atoms with Crippen molar-refractivity contribution in [3.63, 3.8) is 0 Å². The summed E-state index contributed by atoms with van der Waals surface area (Å²) in [7, 11) is 0. The van der Waals surface area contributed by atoms with E-state index < -0.39 is 0 Å². The van der Waals surface area contributed by atoms with E-state index in [0.717, 1.165) is 22.8 Å². The fraction of sp³-hybridized carbons (Fsp3) is 0.300. The number of benzene rings is 2. The van der Waals surface area contributed by atoms with Crippen LogP contribution in [0.4, 0.5) is 0 Å². The van der Waals surface area contributed by atoms with Crippen LogP contribution in [0.2, 0.25) is 0 Å². The van der Waals surface area contributed by atoms with E-state index in [1.54, 1.807) is 0 Å². The van der Waals surface area contributed by atoms with Crippen molar-refractivity contribution in [3.8, 4) is 0 Å². The Bertz CT molecular complexity index is 815. The lowest BCUT2D eigenvalue weighted by Gasteiger charge is -2.18. The highest BCUT2D eigenvalue weighted by Gasteiger charge is 2.25. The first-order chi connectivity index (χ1) is 11.7. The Morgan fingerprint density at radius 1 is 1.08 bits per heavy atom. The molecule has 0 amide bonds. The summed E-state index contributed by atoms with van der Waals surface area (Å²) in [6.45, 7) is 0.197. The zero-order valence-electron chi connectivity index (χ0n) is 13.5. The van der Waals surface area contributed by atoms with Crippen LogP contribution in [0.15, 0.2) is 58.8 Å². The van der Waals surface area contributed by atoms with Crippen LogP contribution in [0, 0.1) is 0 Å². The molecular weight excluding hydrogens is 302 g/mol. The van der Waals surface area contributed by atoms with Crippen molar-refractivity contribution in [1.82, 2.24) is 0 Å². The van der Waals surface area contributed by atoms with Gasteiger partial charge in [-0.15, -0.1) is 0 Å². The van der Waals surface area contributed by atoms with Crippen molar-refractivity contribution in [2.75, 3.05) is 13.2 Å². The Morgan fingerprint density at radius 2 is 1.88 bits per heavy atom. The molecule has 4 heteroatoms. The summed E-state index contributed by atoms with van der Waals surface area (Å²) >= 11 is 0. The molecule has 2 aromatic rings. The molecule has 0 radical (unpaired) electrons. The lowest BCUT2D eigenvalue weighted by atomic mass is 9.88. The second-order valence-corrected chi connectivity index (χ2v) is 5.97. The summed E-state index contributed by atoms with van der Waals surface area (Å²) in [6.07, 6.45) is 2.16. The average Bonchev–Trinajstić information content (AvgIpc) is 2.60. The molecule has 1 fully saturated rings. The van der Waals surface area contributed by atoms with E-state index >= 15 is 0 Å². The van der Waals surface area contributed by atoms with Crippen LogP contribution in [0.5, 0.6) is 0 Å². The third-order valence-corrected chi connectivity index (χ3v) is 4.31. The summed E-state index contributed by atoms with van der Waals surface area (Å²) in [4.78, 5) is 16.6. The van der Waals surface area contributed by atoms with Crippen LogP contribution in [0.3, 0.4) is 0 Å². The maximum Gasteiger partial charge on any atom is 0.168 e. The lowest BCUT2D eigenvalue weighted by Crippen LogP contribution is -2.22. The number of aliphatic hydroxyl groups is 2. The van der Waals surface area contributed by atoms with E-state index in [-0.39, 0.29) is 24.7 Å². The molecule has 1 saturated carbocycles. The van der Waals surface area contributed by atoms with Gasteiger partial charge in [-0.3, -0.25) is 9.79 Å². The topological polar surface area (TPSA) is 69.9 Å². The maximum atomic E-state index is 12.3. The molecule has 0 bridgehead atoms. The average molecular weight is 323 g/mol. The molecule has 0 atom stereocenters. The molecule has 0 unspecified atom stereocenters. The van der Waals surface area contributed by atoms with E-state index in [2.05, 4.69) is 4.99 Å². The number of hydrogen-bond acceptors (Lipinski definition) is 4. The summed E-state index contributed by atoms with van der Waals surface area (Å²) in [5.41, 5.74) is 1.96. The second kappa shape index (κ2) is 7.41. The minimum atomic E-state index is -0.0605. The largest absolute Gasteiger partial charge is 0.511 e. The molecule has 2 aromatic carbocycles. The first-order valence-corrected chi connectivity index (χ1v) is 8.27. The number of rotatable bonds is 4. The molecule has 3 rings (SSSR count). The molecule has 0 saturated heterocycles. The van der Waals surface area contributed by atoms with Crippen LogP contribution < -0.4 is 0 Å². The van der Waals surface area contributed by atoms with Gasteiger partial charge in [0.15, 0.2) is 5.78 Å². The van der Waals surface area contributed by atoms with Crippen LogP contribution >= 0.6 is 0 Å². The van der Waals surface area contributed by atoms with Crippen LogP contribution in [0.25, 0.3) is 10.8 Å². The van der Waals surface area contributed by atoms with Gasteiger partial charge in [0.25, 0.3) is 0 Å². The Morgan fingerprint density at radius 3 is 2.71 bits per heavy atom. The number of Topliss-reactive ketones (excluding diaryl/α,β-unsaturated/α-hetero) is 1. The third kappa shape index (κ3) is 3.39. The Balaban J connectivity index is 1.99. The molecule has 2 N–H and O–H groups in total. The van der Waals surface area contributed by atoms with Gasteiger partial charge in [-0.1, -0.05) is 42.5 Å². The zero-order valence-corrected chi connectivity index (χ0v) is 13.5. The van der Waals surface area contributed by atoms with E-state index in [0.29, 0.717) is 30.5 Å². The zero-order chi connectivity index (χ0) is 16.9. The third-order valence-electron chi connectivity index (χ3n) is 4.31. The Hall–Kier alpha value is -2.46. The summed E-state index contributed by atoms with van der Waals surface area (Å²) in [5, 5.41) is 21.8. The van der Waals surface area contributed by atoms with Gasteiger partial charge >= 0.3 is 0 Å². The molecule has 4 nitrogen and oxygen atoms in total. The predicted octanol–water partition coefficient (Wildman–Crippen LogP) is 3.38. The molecule has 0 aromatic heterocycles. The number of hydrogen-bond donors (Lipinski definition) is 2. The molecule has 124 valence electrons. The first-order valence-electron chi connectivity index (χ1n) is 8.27. The number of aliphatic hydroxyl groups excluding tert-OH is 2. The first kappa shape index (κ1) is 16.4. The normalized spacial score (nSPS) is 19.0. The number of aliphatic imine (C=N–C) groups is 1. The van der Waals surface area contributed by atoms with Gasteiger partial charge in [0.05, 0.1) is 18.7 Å². The van der Waals surface area contributed by atoms with E-state index in [1.165, 1.54) is 0 Å². The molecule has 1 aliphatic carbocycles. The number of fused-ring (bicyclic) bond motifs is 1. The van der Waals surface area contributed by atoms with E-state index in [4.69, 9.17) is 5.11 Å². The van der Waals surface area contributed by atoms with Crippen molar-refractivity contribution in [2.45, 2.75) is 25.7 Å². The smallest absolute Gasteiger partial charge is 0.168 e. The standard InChI is InChI=1S/C20H21NO3/c22-12-11-21-17-9-4-10-18(23)20(17)19(24)13-15-7-3-6-14-5-1-2-8-16(14)15/h1-3,5-8,22,24H,4,9-13H2/b20-19+,21-17?. The molecule has 0 aliphatic heterocycles. The molecule has 1 aliphatic rings. The number of nitrogens with zero attached hydrogens (tertiary/aromatic N) is 1. The number of allylic oxidation sites excluding steroid dienone is 2. The summed E-state index contributed by atoms with van der Waals surface area (Å²) in [6, 6.07) is 14.0. The number of ketones is 1. The van der Waals surface area contributed by atoms with Gasteiger partial charge in [-0.25, -0.2) is 0 Å². The van der Waals surface area contributed by atoms with E-state index in [1.807, 2.05) is 42.5 Å². The van der Waals surface area contributed by atoms with Gasteiger partial charge in [0, 0.05) is 18.6 Å². The highest BCUT2D eigenvalue weighted by molar-refractivity contribution is 6.24.